The van der Waals surface area contributed by atoms with Crippen LogP contribution in [0.5, 0.6) is 5.75 Å². The van der Waals surface area contributed by atoms with E-state index in [1.165, 1.54) is 18.2 Å². The summed E-state index contributed by atoms with van der Waals surface area (Å²) in [5.41, 5.74) is 1.72. The first-order valence-corrected chi connectivity index (χ1v) is 7.80. The van der Waals surface area contributed by atoms with Gasteiger partial charge in [-0.05, 0) is 29.8 Å². The third kappa shape index (κ3) is 5.70. The molecule has 2 rings (SSSR count). The number of carbonyl (C=O) groups is 2. The Morgan fingerprint density at radius 1 is 1.12 bits per heavy atom. The van der Waals surface area contributed by atoms with Crippen LogP contribution in [0.25, 0.3) is 6.08 Å². The number of carbonyl (C=O) groups excluding carboxylic acids is 2. The third-order valence-corrected chi connectivity index (χ3v) is 3.46. The molecule has 7 heteroatoms. The van der Waals surface area contributed by atoms with Crippen LogP contribution in [0.4, 0.5) is 8.78 Å². The van der Waals surface area contributed by atoms with E-state index in [2.05, 4.69) is 15.4 Å². The van der Waals surface area contributed by atoms with Crippen LogP contribution in [-0.4, -0.2) is 25.5 Å². The average Bonchev–Trinajstić information content (AvgIpc) is 2.65. The molecule has 2 aromatic carbocycles. The first-order chi connectivity index (χ1) is 12.5. The summed E-state index contributed by atoms with van der Waals surface area (Å²) >= 11 is 0. The van der Waals surface area contributed by atoms with E-state index in [4.69, 9.17) is 0 Å². The van der Waals surface area contributed by atoms with Gasteiger partial charge < -0.3 is 15.4 Å². The summed E-state index contributed by atoms with van der Waals surface area (Å²) in [6.07, 6.45) is 2.65. The van der Waals surface area contributed by atoms with E-state index < -0.39 is 6.61 Å². The number of rotatable bonds is 7. The van der Waals surface area contributed by atoms with Crippen LogP contribution in [-0.2, 0) is 11.3 Å². The van der Waals surface area contributed by atoms with Gasteiger partial charge in [0.25, 0.3) is 5.91 Å². The second kappa shape index (κ2) is 9.31. The molecule has 2 amide bonds. The Bertz CT molecular complexity index is 790. The van der Waals surface area contributed by atoms with Crippen LogP contribution in [0.2, 0.25) is 0 Å². The summed E-state index contributed by atoms with van der Waals surface area (Å²) in [5.74, 6) is -0.572. The van der Waals surface area contributed by atoms with E-state index in [0.29, 0.717) is 11.1 Å². The van der Waals surface area contributed by atoms with Crippen LogP contribution in [0.3, 0.4) is 0 Å². The van der Waals surface area contributed by atoms with Crippen molar-refractivity contribution in [2.24, 2.45) is 0 Å². The van der Waals surface area contributed by atoms with E-state index >= 15 is 0 Å². The molecule has 0 aliphatic carbocycles. The molecule has 0 unspecified atom stereocenters. The summed E-state index contributed by atoms with van der Waals surface area (Å²) < 4.78 is 29.1. The van der Waals surface area contributed by atoms with E-state index in [9.17, 15) is 18.4 Å². The third-order valence-electron chi connectivity index (χ3n) is 3.46. The Balaban J connectivity index is 1.93. The van der Waals surface area contributed by atoms with E-state index in [0.717, 1.165) is 5.56 Å². The quantitative estimate of drug-likeness (QED) is 0.746. The molecule has 0 saturated heterocycles. The van der Waals surface area contributed by atoms with Gasteiger partial charge >= 0.3 is 6.61 Å². The standard InChI is InChI=1S/C19H18F2N2O3/c1-22-18(25)15-8-6-13(7-9-15)12-23-17(24)11-10-14-4-2-3-5-16(14)26-19(20)21/h2-11,19H,12H2,1H3,(H,22,25)(H,23,24)/b11-10+. The number of para-hydroxylation sites is 1. The molecule has 26 heavy (non-hydrogen) atoms. The molecule has 0 heterocycles. The van der Waals surface area contributed by atoms with E-state index in [-0.39, 0.29) is 24.1 Å². The van der Waals surface area contributed by atoms with Crippen LogP contribution in [0.15, 0.2) is 54.6 Å². The minimum absolute atomic E-state index is 0.00339. The van der Waals surface area contributed by atoms with Crippen molar-refractivity contribution in [2.75, 3.05) is 7.05 Å². The molecule has 2 aromatic rings. The van der Waals surface area contributed by atoms with Crippen molar-refractivity contribution in [1.29, 1.82) is 0 Å². The SMILES string of the molecule is CNC(=O)c1ccc(CNC(=O)/C=C/c2ccccc2OC(F)F)cc1. The van der Waals surface area contributed by atoms with Gasteiger partial charge in [0, 0.05) is 30.8 Å². The molecule has 2 N–H and O–H groups in total. The molecule has 0 bridgehead atoms. The van der Waals surface area contributed by atoms with Crippen LogP contribution in [0.1, 0.15) is 21.5 Å². The topological polar surface area (TPSA) is 67.4 Å². The molecular formula is C19H18F2N2O3. The van der Waals surface area contributed by atoms with Crippen molar-refractivity contribution >= 4 is 17.9 Å². The Morgan fingerprint density at radius 2 is 1.81 bits per heavy atom. The largest absolute Gasteiger partial charge is 0.434 e. The highest BCUT2D eigenvalue weighted by molar-refractivity contribution is 5.94. The van der Waals surface area contributed by atoms with Crippen molar-refractivity contribution in [2.45, 2.75) is 13.2 Å². The van der Waals surface area contributed by atoms with Crippen molar-refractivity contribution in [3.63, 3.8) is 0 Å². The molecular weight excluding hydrogens is 342 g/mol. The van der Waals surface area contributed by atoms with E-state index in [1.807, 2.05) is 0 Å². The number of amides is 2. The minimum Gasteiger partial charge on any atom is -0.434 e. The van der Waals surface area contributed by atoms with Crippen molar-refractivity contribution in [3.05, 3.63) is 71.3 Å². The Hall–Kier alpha value is -3.22. The average molecular weight is 360 g/mol. The maximum absolute atomic E-state index is 12.4. The second-order valence-electron chi connectivity index (χ2n) is 5.24. The molecule has 0 radical (unpaired) electrons. The lowest BCUT2D eigenvalue weighted by atomic mass is 10.1. The van der Waals surface area contributed by atoms with Crippen LogP contribution < -0.4 is 15.4 Å². The predicted octanol–water partition coefficient (Wildman–Crippen LogP) is 2.98. The highest BCUT2D eigenvalue weighted by atomic mass is 19.3. The number of benzene rings is 2. The molecule has 0 atom stereocenters. The van der Waals surface area contributed by atoms with Gasteiger partial charge in [0.2, 0.25) is 5.91 Å². The zero-order chi connectivity index (χ0) is 18.9. The van der Waals surface area contributed by atoms with Crippen molar-refractivity contribution < 1.29 is 23.1 Å². The van der Waals surface area contributed by atoms with Gasteiger partial charge in [0.05, 0.1) is 0 Å². The van der Waals surface area contributed by atoms with Crippen molar-refractivity contribution in [3.8, 4) is 5.75 Å². The van der Waals surface area contributed by atoms with Gasteiger partial charge in [0.1, 0.15) is 5.75 Å². The zero-order valence-electron chi connectivity index (χ0n) is 14.0. The van der Waals surface area contributed by atoms with Gasteiger partial charge in [-0.1, -0.05) is 30.3 Å². The predicted molar refractivity (Wildman–Crippen MR) is 93.8 cm³/mol. The first-order valence-electron chi connectivity index (χ1n) is 7.80. The lowest BCUT2D eigenvalue weighted by Gasteiger charge is -2.07. The lowest BCUT2D eigenvalue weighted by Crippen LogP contribution is -2.20. The van der Waals surface area contributed by atoms with Crippen LogP contribution in [0, 0.1) is 0 Å². The number of nitrogens with one attached hydrogen (secondary N) is 2. The number of hydrogen-bond acceptors (Lipinski definition) is 3. The van der Waals surface area contributed by atoms with Crippen LogP contribution >= 0.6 is 0 Å². The smallest absolute Gasteiger partial charge is 0.387 e. The normalized spacial score (nSPS) is 10.8. The fraction of sp³-hybridized carbons (Fsp3) is 0.158. The molecule has 0 aliphatic heterocycles. The number of hydrogen-bond donors (Lipinski definition) is 2. The Labute approximate surface area is 149 Å². The summed E-state index contributed by atoms with van der Waals surface area (Å²) in [6.45, 7) is -2.66. The highest BCUT2D eigenvalue weighted by Crippen LogP contribution is 2.21. The maximum atomic E-state index is 12.4. The van der Waals surface area contributed by atoms with Gasteiger partial charge in [-0.25, -0.2) is 0 Å². The molecule has 0 fully saturated rings. The summed E-state index contributed by atoms with van der Waals surface area (Å²) in [4.78, 5) is 23.4. The number of ether oxygens (including phenoxy) is 1. The Morgan fingerprint density at radius 3 is 2.46 bits per heavy atom. The first kappa shape index (κ1) is 19.1. The lowest BCUT2D eigenvalue weighted by molar-refractivity contribution is -0.116. The molecule has 0 saturated carbocycles. The van der Waals surface area contributed by atoms with Crippen molar-refractivity contribution in [1.82, 2.24) is 10.6 Å². The molecule has 0 aliphatic rings. The van der Waals surface area contributed by atoms with Gasteiger partial charge in [-0.2, -0.15) is 8.78 Å². The maximum Gasteiger partial charge on any atom is 0.387 e. The monoisotopic (exact) mass is 360 g/mol. The Kier molecular flexibility index (Phi) is 6.84. The summed E-state index contributed by atoms with van der Waals surface area (Å²) in [6, 6.07) is 13.0. The molecule has 0 spiro atoms. The number of halogens is 2. The fourth-order valence-electron chi connectivity index (χ4n) is 2.15. The summed E-state index contributed by atoms with van der Waals surface area (Å²) in [7, 11) is 1.55. The molecule has 5 nitrogen and oxygen atoms in total. The van der Waals surface area contributed by atoms with E-state index in [1.54, 1.807) is 49.5 Å². The zero-order valence-corrected chi connectivity index (χ0v) is 14.0. The highest BCUT2D eigenvalue weighted by Gasteiger charge is 2.07. The van der Waals surface area contributed by atoms with Gasteiger partial charge in [-0.15, -0.1) is 0 Å². The number of alkyl halides is 2. The van der Waals surface area contributed by atoms with Gasteiger partial charge in [-0.3, -0.25) is 9.59 Å². The molecule has 136 valence electrons. The van der Waals surface area contributed by atoms with Gasteiger partial charge in [0.15, 0.2) is 0 Å². The minimum atomic E-state index is -2.93. The second-order valence-corrected chi connectivity index (χ2v) is 5.24. The summed E-state index contributed by atoms with van der Waals surface area (Å²) in [5, 5.41) is 5.20. The fourth-order valence-corrected chi connectivity index (χ4v) is 2.15. The molecule has 0 aromatic heterocycles.